The van der Waals surface area contributed by atoms with E-state index >= 15 is 0 Å². The van der Waals surface area contributed by atoms with Crippen LogP contribution in [0.3, 0.4) is 0 Å². The Bertz CT molecular complexity index is 641. The van der Waals surface area contributed by atoms with Crippen LogP contribution < -0.4 is 4.74 Å². The standard InChI is InChI=1S/C18H20N2O/c1-14-4-9-18(21-3)17(10-14)13-20(2)12-16-7-5-15(11-19)6-8-16/h4-10H,12-13H2,1-3H3. The predicted molar refractivity (Wildman–Crippen MR) is 84.1 cm³/mol. The molecule has 2 aromatic carbocycles. The Morgan fingerprint density at radius 2 is 1.81 bits per heavy atom. The van der Waals surface area contributed by atoms with Gasteiger partial charge in [0.05, 0.1) is 18.7 Å². The zero-order valence-corrected chi connectivity index (χ0v) is 12.8. The Labute approximate surface area is 126 Å². The topological polar surface area (TPSA) is 36.3 Å². The minimum atomic E-state index is 0.696. The van der Waals surface area contributed by atoms with Gasteiger partial charge in [-0.15, -0.1) is 0 Å². The molecule has 0 aliphatic rings. The molecule has 0 atom stereocenters. The Kier molecular flexibility index (Phi) is 4.97. The Morgan fingerprint density at radius 3 is 2.43 bits per heavy atom. The molecule has 0 spiro atoms. The number of nitriles is 1. The zero-order chi connectivity index (χ0) is 15.2. The fraction of sp³-hybridized carbons (Fsp3) is 0.278. The highest BCUT2D eigenvalue weighted by atomic mass is 16.5. The third-order valence-electron chi connectivity index (χ3n) is 3.41. The molecule has 0 heterocycles. The summed E-state index contributed by atoms with van der Waals surface area (Å²) in [6.45, 7) is 3.75. The molecular weight excluding hydrogens is 260 g/mol. The third-order valence-corrected chi connectivity index (χ3v) is 3.41. The van der Waals surface area contributed by atoms with Crippen LogP contribution in [-0.4, -0.2) is 19.1 Å². The van der Waals surface area contributed by atoms with Crippen LogP contribution in [0.15, 0.2) is 42.5 Å². The van der Waals surface area contributed by atoms with Gasteiger partial charge in [0.15, 0.2) is 0 Å². The molecule has 0 aliphatic carbocycles. The lowest BCUT2D eigenvalue weighted by atomic mass is 10.1. The minimum Gasteiger partial charge on any atom is -0.496 e. The van der Waals surface area contributed by atoms with Gasteiger partial charge in [-0.3, -0.25) is 4.90 Å². The molecular formula is C18H20N2O. The highest BCUT2D eigenvalue weighted by Crippen LogP contribution is 2.21. The number of methoxy groups -OCH3 is 1. The molecule has 0 aliphatic heterocycles. The van der Waals surface area contributed by atoms with Crippen molar-refractivity contribution in [3.63, 3.8) is 0 Å². The molecule has 2 aromatic rings. The van der Waals surface area contributed by atoms with Crippen LogP contribution >= 0.6 is 0 Å². The van der Waals surface area contributed by atoms with Crippen molar-refractivity contribution in [3.8, 4) is 11.8 Å². The van der Waals surface area contributed by atoms with Crippen molar-refractivity contribution in [1.82, 2.24) is 4.90 Å². The smallest absolute Gasteiger partial charge is 0.123 e. The number of benzene rings is 2. The summed E-state index contributed by atoms with van der Waals surface area (Å²) in [5.74, 6) is 0.923. The maximum absolute atomic E-state index is 8.81. The Balaban J connectivity index is 2.05. The second kappa shape index (κ2) is 6.92. The van der Waals surface area contributed by atoms with Crippen molar-refractivity contribution in [2.45, 2.75) is 20.0 Å². The van der Waals surface area contributed by atoms with Crippen molar-refractivity contribution in [3.05, 3.63) is 64.7 Å². The monoisotopic (exact) mass is 280 g/mol. The molecule has 0 saturated heterocycles. The number of ether oxygens (including phenoxy) is 1. The minimum absolute atomic E-state index is 0.696. The first-order valence-electron chi connectivity index (χ1n) is 6.93. The van der Waals surface area contributed by atoms with Gasteiger partial charge in [0.2, 0.25) is 0 Å². The molecule has 0 radical (unpaired) electrons. The van der Waals surface area contributed by atoms with Gasteiger partial charge in [0.1, 0.15) is 5.75 Å². The number of nitrogens with zero attached hydrogens (tertiary/aromatic N) is 2. The summed E-state index contributed by atoms with van der Waals surface area (Å²) in [7, 11) is 3.79. The Morgan fingerprint density at radius 1 is 1.10 bits per heavy atom. The predicted octanol–water partition coefficient (Wildman–Crippen LogP) is 3.51. The van der Waals surface area contributed by atoms with Gasteiger partial charge in [0, 0.05) is 18.7 Å². The Hall–Kier alpha value is -2.31. The second-order valence-corrected chi connectivity index (χ2v) is 5.30. The first kappa shape index (κ1) is 15.1. The molecule has 0 saturated carbocycles. The molecule has 0 unspecified atom stereocenters. The molecule has 3 nitrogen and oxygen atoms in total. The summed E-state index contributed by atoms with van der Waals surface area (Å²) in [4.78, 5) is 2.23. The lowest BCUT2D eigenvalue weighted by molar-refractivity contribution is 0.310. The molecule has 0 aromatic heterocycles. The molecule has 0 bridgehead atoms. The molecule has 0 fully saturated rings. The van der Waals surface area contributed by atoms with E-state index in [1.165, 1.54) is 16.7 Å². The number of hydrogen-bond acceptors (Lipinski definition) is 3. The first-order chi connectivity index (χ1) is 10.1. The van der Waals surface area contributed by atoms with Crippen molar-refractivity contribution >= 4 is 0 Å². The number of rotatable bonds is 5. The van der Waals surface area contributed by atoms with Crippen LogP contribution in [0, 0.1) is 18.3 Å². The van der Waals surface area contributed by atoms with E-state index in [2.05, 4.69) is 37.1 Å². The summed E-state index contributed by atoms with van der Waals surface area (Å²) >= 11 is 0. The fourth-order valence-electron chi connectivity index (χ4n) is 2.37. The average molecular weight is 280 g/mol. The van der Waals surface area contributed by atoms with Crippen molar-refractivity contribution in [2.24, 2.45) is 0 Å². The molecule has 3 heteroatoms. The van der Waals surface area contributed by atoms with Gasteiger partial charge >= 0.3 is 0 Å². The van der Waals surface area contributed by atoms with Crippen LogP contribution in [0.5, 0.6) is 5.75 Å². The van der Waals surface area contributed by atoms with Crippen LogP contribution in [-0.2, 0) is 13.1 Å². The number of hydrogen-bond donors (Lipinski definition) is 0. The van der Waals surface area contributed by atoms with Crippen LogP contribution in [0.2, 0.25) is 0 Å². The first-order valence-corrected chi connectivity index (χ1v) is 6.93. The average Bonchev–Trinajstić information content (AvgIpc) is 2.48. The van der Waals surface area contributed by atoms with E-state index in [-0.39, 0.29) is 0 Å². The fourth-order valence-corrected chi connectivity index (χ4v) is 2.37. The van der Waals surface area contributed by atoms with Crippen molar-refractivity contribution in [1.29, 1.82) is 5.26 Å². The van der Waals surface area contributed by atoms with Gasteiger partial charge in [-0.25, -0.2) is 0 Å². The molecule has 0 amide bonds. The lowest BCUT2D eigenvalue weighted by Gasteiger charge is -2.19. The zero-order valence-electron chi connectivity index (χ0n) is 12.8. The third kappa shape index (κ3) is 4.08. The van der Waals surface area contributed by atoms with E-state index in [4.69, 9.17) is 10.00 Å². The molecule has 21 heavy (non-hydrogen) atoms. The maximum atomic E-state index is 8.81. The van der Waals surface area contributed by atoms with E-state index in [1.54, 1.807) is 7.11 Å². The van der Waals surface area contributed by atoms with Gasteiger partial charge in [-0.2, -0.15) is 5.26 Å². The molecule has 108 valence electrons. The van der Waals surface area contributed by atoms with E-state index in [0.717, 1.165) is 18.8 Å². The van der Waals surface area contributed by atoms with E-state index in [1.807, 2.05) is 30.3 Å². The normalized spacial score (nSPS) is 10.4. The summed E-state index contributed by atoms with van der Waals surface area (Å²) in [5, 5.41) is 8.81. The largest absolute Gasteiger partial charge is 0.496 e. The van der Waals surface area contributed by atoms with Gasteiger partial charge in [-0.05, 0) is 37.7 Å². The maximum Gasteiger partial charge on any atom is 0.123 e. The van der Waals surface area contributed by atoms with Gasteiger partial charge < -0.3 is 4.74 Å². The summed E-state index contributed by atoms with van der Waals surface area (Å²) in [6, 6.07) is 16.1. The molecule has 2 rings (SSSR count). The van der Waals surface area contributed by atoms with Crippen molar-refractivity contribution in [2.75, 3.05) is 14.2 Å². The van der Waals surface area contributed by atoms with Crippen LogP contribution in [0.25, 0.3) is 0 Å². The van der Waals surface area contributed by atoms with Crippen LogP contribution in [0.1, 0.15) is 22.3 Å². The van der Waals surface area contributed by atoms with Gasteiger partial charge in [0.25, 0.3) is 0 Å². The lowest BCUT2D eigenvalue weighted by Crippen LogP contribution is -2.17. The van der Waals surface area contributed by atoms with E-state index in [9.17, 15) is 0 Å². The summed E-state index contributed by atoms with van der Waals surface area (Å²) < 4.78 is 5.42. The highest BCUT2D eigenvalue weighted by molar-refractivity contribution is 5.37. The number of aryl methyl sites for hydroxylation is 1. The highest BCUT2D eigenvalue weighted by Gasteiger charge is 2.07. The quantitative estimate of drug-likeness (QED) is 0.841. The summed E-state index contributed by atoms with van der Waals surface area (Å²) in [5.41, 5.74) is 4.32. The summed E-state index contributed by atoms with van der Waals surface area (Å²) in [6.07, 6.45) is 0. The SMILES string of the molecule is COc1ccc(C)cc1CN(C)Cc1ccc(C#N)cc1. The van der Waals surface area contributed by atoms with Gasteiger partial charge in [-0.1, -0.05) is 29.8 Å². The second-order valence-electron chi connectivity index (χ2n) is 5.30. The molecule has 0 N–H and O–H groups in total. The van der Waals surface area contributed by atoms with Crippen molar-refractivity contribution < 1.29 is 4.74 Å². The van der Waals surface area contributed by atoms with Crippen LogP contribution in [0.4, 0.5) is 0 Å². The van der Waals surface area contributed by atoms with E-state index in [0.29, 0.717) is 5.56 Å². The van der Waals surface area contributed by atoms with E-state index < -0.39 is 0 Å².